The first-order valence-electron chi connectivity index (χ1n) is 12.1. The second-order valence-corrected chi connectivity index (χ2v) is 7.88. The number of benzene rings is 1. The lowest BCUT2D eigenvalue weighted by atomic mass is 10.2. The summed E-state index contributed by atoms with van der Waals surface area (Å²) in [7, 11) is 0. The summed E-state index contributed by atoms with van der Waals surface area (Å²) >= 11 is 0. The van der Waals surface area contributed by atoms with Crippen molar-refractivity contribution in [3.63, 3.8) is 0 Å². The van der Waals surface area contributed by atoms with Gasteiger partial charge >= 0.3 is 0 Å². The standard InChI is InChI=1S/C25H47N2O4/c1-6-26(25-12-10-11-24(5)23-25)13-15-28-17-19-30-21-22-31-20-18-29-16-14-27(7-2,8-3)9-4/h10-12,23H,6-9,13-22H2,1-5H3/q+1. The predicted octanol–water partition coefficient (Wildman–Crippen LogP) is 3.76. The first-order valence-corrected chi connectivity index (χ1v) is 12.1. The van der Waals surface area contributed by atoms with E-state index in [0.717, 1.165) is 50.4 Å². The van der Waals surface area contributed by atoms with Crippen LogP contribution in [-0.2, 0) is 18.9 Å². The fourth-order valence-electron chi connectivity index (χ4n) is 3.63. The molecule has 1 rings (SSSR count). The monoisotopic (exact) mass is 439 g/mol. The Bertz CT molecular complexity index is 544. The van der Waals surface area contributed by atoms with E-state index in [9.17, 15) is 0 Å². The highest BCUT2D eigenvalue weighted by Crippen LogP contribution is 2.15. The molecule has 0 bridgehead atoms. The summed E-state index contributed by atoms with van der Waals surface area (Å²) in [6.45, 7) is 22.7. The number of ether oxygens (including phenoxy) is 4. The molecule has 31 heavy (non-hydrogen) atoms. The second kappa shape index (κ2) is 17.4. The maximum atomic E-state index is 5.73. The zero-order valence-corrected chi connectivity index (χ0v) is 20.7. The van der Waals surface area contributed by atoms with Gasteiger partial charge in [0.2, 0.25) is 0 Å². The fourth-order valence-corrected chi connectivity index (χ4v) is 3.63. The normalized spacial score (nSPS) is 11.8. The third-order valence-electron chi connectivity index (χ3n) is 6.09. The molecule has 0 N–H and O–H groups in total. The zero-order valence-electron chi connectivity index (χ0n) is 20.7. The lowest BCUT2D eigenvalue weighted by molar-refractivity contribution is -0.923. The van der Waals surface area contributed by atoms with Crippen LogP contribution < -0.4 is 4.90 Å². The summed E-state index contributed by atoms with van der Waals surface area (Å²) in [6.07, 6.45) is 0. The molecule has 0 aliphatic heterocycles. The van der Waals surface area contributed by atoms with Crippen LogP contribution >= 0.6 is 0 Å². The molecule has 0 amide bonds. The molecule has 0 spiro atoms. The molecule has 6 heteroatoms. The third kappa shape index (κ3) is 11.9. The first-order chi connectivity index (χ1) is 15.1. The topological polar surface area (TPSA) is 40.2 Å². The van der Waals surface area contributed by atoms with E-state index in [4.69, 9.17) is 18.9 Å². The van der Waals surface area contributed by atoms with Gasteiger partial charge in [-0.1, -0.05) is 12.1 Å². The molecule has 0 unspecified atom stereocenters. The summed E-state index contributed by atoms with van der Waals surface area (Å²) in [4.78, 5) is 2.33. The third-order valence-corrected chi connectivity index (χ3v) is 6.09. The van der Waals surface area contributed by atoms with E-state index in [1.807, 2.05) is 0 Å². The highest BCUT2D eigenvalue weighted by atomic mass is 16.6. The van der Waals surface area contributed by atoms with Gasteiger partial charge < -0.3 is 28.3 Å². The molecule has 0 aromatic heterocycles. The number of rotatable bonds is 20. The van der Waals surface area contributed by atoms with E-state index >= 15 is 0 Å². The van der Waals surface area contributed by atoms with Gasteiger partial charge in [0.15, 0.2) is 0 Å². The Morgan fingerprint density at radius 1 is 0.710 bits per heavy atom. The van der Waals surface area contributed by atoms with Gasteiger partial charge in [-0.25, -0.2) is 0 Å². The van der Waals surface area contributed by atoms with Crippen molar-refractivity contribution < 1.29 is 23.4 Å². The Balaban J connectivity index is 1.92. The van der Waals surface area contributed by atoms with Crippen LogP contribution in [0.1, 0.15) is 33.3 Å². The van der Waals surface area contributed by atoms with E-state index in [0.29, 0.717) is 46.2 Å². The number of likely N-dealkylation sites (N-methyl/N-ethyl adjacent to an activating group) is 2. The maximum Gasteiger partial charge on any atom is 0.102 e. The number of quaternary nitrogens is 1. The molecule has 0 aliphatic rings. The van der Waals surface area contributed by atoms with Crippen LogP contribution in [0.15, 0.2) is 24.3 Å². The van der Waals surface area contributed by atoms with Crippen LogP contribution in [0.5, 0.6) is 0 Å². The lowest BCUT2D eigenvalue weighted by Gasteiger charge is -2.35. The maximum absolute atomic E-state index is 5.73. The number of hydrogen-bond acceptors (Lipinski definition) is 5. The van der Waals surface area contributed by atoms with Crippen molar-refractivity contribution in [2.45, 2.75) is 34.6 Å². The fraction of sp³-hybridized carbons (Fsp3) is 0.760. The van der Waals surface area contributed by atoms with Gasteiger partial charge in [-0.2, -0.15) is 0 Å². The predicted molar refractivity (Wildman–Crippen MR) is 129 cm³/mol. The van der Waals surface area contributed by atoms with Crippen molar-refractivity contribution in [1.29, 1.82) is 0 Å². The molecule has 0 fully saturated rings. The molecule has 0 heterocycles. The van der Waals surface area contributed by atoms with Crippen molar-refractivity contribution in [3.8, 4) is 0 Å². The van der Waals surface area contributed by atoms with E-state index in [1.165, 1.54) is 11.3 Å². The summed E-state index contributed by atoms with van der Waals surface area (Å²) < 4.78 is 23.7. The molecule has 1 aromatic rings. The summed E-state index contributed by atoms with van der Waals surface area (Å²) in [5, 5.41) is 0. The molecule has 0 saturated heterocycles. The number of aryl methyl sites for hydroxylation is 1. The zero-order chi connectivity index (χ0) is 22.8. The Morgan fingerprint density at radius 2 is 1.23 bits per heavy atom. The Kier molecular flexibility index (Phi) is 15.6. The van der Waals surface area contributed by atoms with Gasteiger partial charge in [0.1, 0.15) is 6.54 Å². The minimum Gasteiger partial charge on any atom is -0.377 e. The quantitative estimate of drug-likeness (QED) is 0.229. The van der Waals surface area contributed by atoms with Crippen LogP contribution in [0, 0.1) is 6.92 Å². The van der Waals surface area contributed by atoms with E-state index in [1.54, 1.807) is 0 Å². The van der Waals surface area contributed by atoms with Gasteiger partial charge in [-0.15, -0.1) is 0 Å². The van der Waals surface area contributed by atoms with Crippen LogP contribution in [0.25, 0.3) is 0 Å². The molecular formula is C25H47N2O4+. The van der Waals surface area contributed by atoms with Gasteiger partial charge in [0.25, 0.3) is 0 Å². The Morgan fingerprint density at radius 3 is 1.71 bits per heavy atom. The van der Waals surface area contributed by atoms with Crippen molar-refractivity contribution in [2.24, 2.45) is 0 Å². The SMILES string of the molecule is CCN(CCOCCOCCOCCOCC[N+](CC)(CC)CC)c1cccc(C)c1. The molecule has 1 aromatic carbocycles. The van der Waals surface area contributed by atoms with Crippen molar-refractivity contribution in [1.82, 2.24) is 0 Å². The first kappa shape index (κ1) is 27.9. The minimum absolute atomic E-state index is 0.593. The minimum atomic E-state index is 0.593. The summed E-state index contributed by atoms with van der Waals surface area (Å²) in [6, 6.07) is 8.59. The molecule has 6 nitrogen and oxygen atoms in total. The van der Waals surface area contributed by atoms with Crippen LogP contribution in [0.4, 0.5) is 5.69 Å². The molecule has 0 aliphatic carbocycles. The molecule has 0 saturated carbocycles. The van der Waals surface area contributed by atoms with Crippen molar-refractivity contribution in [3.05, 3.63) is 29.8 Å². The average molecular weight is 440 g/mol. The smallest absolute Gasteiger partial charge is 0.102 e. The summed E-state index contributed by atoms with van der Waals surface area (Å²) in [5.74, 6) is 0. The Hall–Kier alpha value is -1.18. The van der Waals surface area contributed by atoms with Gasteiger partial charge in [-0.3, -0.25) is 0 Å². The van der Waals surface area contributed by atoms with Crippen molar-refractivity contribution >= 4 is 5.69 Å². The Labute approximate surface area is 191 Å². The van der Waals surface area contributed by atoms with Gasteiger partial charge in [0.05, 0.1) is 72.5 Å². The highest BCUT2D eigenvalue weighted by molar-refractivity contribution is 5.48. The van der Waals surface area contributed by atoms with Crippen molar-refractivity contribution in [2.75, 3.05) is 97.0 Å². The largest absolute Gasteiger partial charge is 0.377 e. The average Bonchev–Trinajstić information content (AvgIpc) is 2.79. The van der Waals surface area contributed by atoms with E-state index < -0.39 is 0 Å². The molecule has 0 atom stereocenters. The number of hydrogen-bond donors (Lipinski definition) is 0. The summed E-state index contributed by atoms with van der Waals surface area (Å²) in [5.41, 5.74) is 2.53. The van der Waals surface area contributed by atoms with Gasteiger partial charge in [0, 0.05) is 18.8 Å². The van der Waals surface area contributed by atoms with Crippen LogP contribution in [0.3, 0.4) is 0 Å². The molecule has 0 radical (unpaired) electrons. The van der Waals surface area contributed by atoms with Gasteiger partial charge in [-0.05, 0) is 52.3 Å². The number of anilines is 1. The molecule has 180 valence electrons. The number of nitrogens with zero attached hydrogens (tertiary/aromatic N) is 2. The highest BCUT2D eigenvalue weighted by Gasteiger charge is 2.19. The van der Waals surface area contributed by atoms with E-state index in [2.05, 4.69) is 63.8 Å². The van der Waals surface area contributed by atoms with E-state index in [-0.39, 0.29) is 0 Å². The lowest BCUT2D eigenvalue weighted by Crippen LogP contribution is -2.49. The second-order valence-electron chi connectivity index (χ2n) is 7.88. The molecular weight excluding hydrogens is 392 g/mol. The van der Waals surface area contributed by atoms with Crippen LogP contribution in [0.2, 0.25) is 0 Å². The van der Waals surface area contributed by atoms with Crippen LogP contribution in [-0.4, -0.2) is 96.6 Å².